The lowest BCUT2D eigenvalue weighted by molar-refractivity contribution is 0.112. The first-order valence-electron chi connectivity index (χ1n) is 9.10. The number of hydrogen-bond donors (Lipinski definition) is 0. The molecule has 1 aromatic rings. The molecule has 0 fully saturated rings. The minimum atomic E-state index is -0.235. The molecule has 0 radical (unpaired) electrons. The second-order valence-corrected chi connectivity index (χ2v) is 6.36. The normalized spacial score (nSPS) is 17.6. The van der Waals surface area contributed by atoms with E-state index >= 15 is 0 Å². The van der Waals surface area contributed by atoms with Gasteiger partial charge in [0.15, 0.2) is 0 Å². The summed E-state index contributed by atoms with van der Waals surface area (Å²) in [7, 11) is 0. The van der Waals surface area contributed by atoms with E-state index in [1.165, 1.54) is 11.1 Å². The van der Waals surface area contributed by atoms with Crippen LogP contribution in [0.1, 0.15) is 38.7 Å². The number of nitrogens with zero attached hydrogens (tertiary/aromatic N) is 1. The van der Waals surface area contributed by atoms with Gasteiger partial charge in [0.1, 0.15) is 0 Å². The summed E-state index contributed by atoms with van der Waals surface area (Å²) in [5, 5.41) is 0. The maximum Gasteiger partial charge on any atom is 0.413 e. The highest BCUT2D eigenvalue weighted by Crippen LogP contribution is 2.23. The smallest absolute Gasteiger partial charge is 0.413 e. The highest BCUT2D eigenvalue weighted by Gasteiger charge is 2.21. The van der Waals surface area contributed by atoms with Crippen molar-refractivity contribution in [3.8, 4) is 0 Å². The number of carbonyl (C=O) groups excluding carboxylic acids is 1. The molecule has 1 heterocycles. The van der Waals surface area contributed by atoms with Gasteiger partial charge in [0.05, 0.1) is 19.8 Å². The second kappa shape index (κ2) is 10.7. The van der Waals surface area contributed by atoms with E-state index in [-0.39, 0.29) is 6.09 Å². The van der Waals surface area contributed by atoms with E-state index in [0.717, 1.165) is 19.3 Å². The third-order valence-electron chi connectivity index (χ3n) is 4.28. The lowest BCUT2D eigenvalue weighted by atomic mass is 9.94. The summed E-state index contributed by atoms with van der Waals surface area (Å²) in [5.41, 5.74) is 2.36. The van der Waals surface area contributed by atoms with Gasteiger partial charge < -0.3 is 9.47 Å². The van der Waals surface area contributed by atoms with Gasteiger partial charge in [-0.2, -0.15) is 0 Å². The van der Waals surface area contributed by atoms with Gasteiger partial charge in [-0.1, -0.05) is 55.8 Å². The van der Waals surface area contributed by atoms with Gasteiger partial charge in [-0.3, -0.25) is 4.90 Å². The third kappa shape index (κ3) is 6.75. The fraction of sp³-hybridized carbons (Fsp3) is 0.476. The molecule has 2 rings (SSSR count). The zero-order valence-electron chi connectivity index (χ0n) is 15.3. The van der Waals surface area contributed by atoms with E-state index in [2.05, 4.69) is 38.1 Å². The van der Waals surface area contributed by atoms with Gasteiger partial charge in [-0.15, -0.1) is 0 Å². The number of benzene rings is 1. The highest BCUT2D eigenvalue weighted by atomic mass is 16.6. The van der Waals surface area contributed by atoms with Crippen LogP contribution in [-0.4, -0.2) is 30.8 Å². The Hall–Kier alpha value is -2.07. The molecular formula is C21H29NO3. The summed E-state index contributed by atoms with van der Waals surface area (Å²) in [6.45, 7) is 6.57. The molecule has 4 heteroatoms. The Morgan fingerprint density at radius 2 is 2.12 bits per heavy atom. The lowest BCUT2D eigenvalue weighted by Crippen LogP contribution is -2.32. The van der Waals surface area contributed by atoms with Gasteiger partial charge >= 0.3 is 6.09 Å². The topological polar surface area (TPSA) is 38.8 Å². The number of amides is 1. The van der Waals surface area contributed by atoms with Crippen molar-refractivity contribution in [2.45, 2.75) is 39.7 Å². The van der Waals surface area contributed by atoms with E-state index in [1.54, 1.807) is 4.90 Å². The fourth-order valence-corrected chi connectivity index (χ4v) is 2.73. The van der Waals surface area contributed by atoms with Crippen molar-refractivity contribution >= 4 is 6.09 Å². The molecule has 1 aliphatic heterocycles. The standard InChI is InChI=1S/C21H29NO3/c1-3-4-15-25-21(23)22-13-12-20(18(2)16-22)11-8-14-24-17-19-9-6-5-7-10-19/h5-11,16,20H,3-4,12-15,17H2,1-2H3/b11-8-. The maximum atomic E-state index is 12.0. The first-order chi connectivity index (χ1) is 12.2. The quantitative estimate of drug-likeness (QED) is 0.497. The monoisotopic (exact) mass is 343 g/mol. The van der Waals surface area contributed by atoms with Crippen LogP contribution in [0.2, 0.25) is 0 Å². The van der Waals surface area contributed by atoms with Crippen molar-refractivity contribution in [3.63, 3.8) is 0 Å². The predicted molar refractivity (Wildman–Crippen MR) is 100 cm³/mol. The van der Waals surface area contributed by atoms with Crippen LogP contribution >= 0.6 is 0 Å². The summed E-state index contributed by atoms with van der Waals surface area (Å²) in [6, 6.07) is 10.2. The molecule has 4 nitrogen and oxygen atoms in total. The molecule has 1 aromatic carbocycles. The maximum absolute atomic E-state index is 12.0. The third-order valence-corrected chi connectivity index (χ3v) is 4.28. The predicted octanol–water partition coefficient (Wildman–Crippen LogP) is 4.92. The number of carbonyl (C=O) groups is 1. The van der Waals surface area contributed by atoms with Crippen LogP contribution in [0.15, 0.2) is 54.3 Å². The molecule has 0 aliphatic carbocycles. The zero-order valence-corrected chi connectivity index (χ0v) is 15.3. The second-order valence-electron chi connectivity index (χ2n) is 6.36. The highest BCUT2D eigenvalue weighted by molar-refractivity contribution is 5.69. The van der Waals surface area contributed by atoms with Crippen LogP contribution in [0.25, 0.3) is 0 Å². The number of rotatable bonds is 8. The van der Waals surface area contributed by atoms with E-state index in [1.807, 2.05) is 24.4 Å². The van der Waals surface area contributed by atoms with Crippen LogP contribution in [0.4, 0.5) is 4.79 Å². The van der Waals surface area contributed by atoms with Gasteiger partial charge in [0.25, 0.3) is 0 Å². The Morgan fingerprint density at radius 3 is 2.84 bits per heavy atom. The molecule has 0 aromatic heterocycles. The van der Waals surface area contributed by atoms with Crippen LogP contribution in [0, 0.1) is 5.92 Å². The molecule has 0 saturated heterocycles. The summed E-state index contributed by atoms with van der Waals surface area (Å²) in [4.78, 5) is 13.7. The number of unbranched alkanes of at least 4 members (excludes halogenated alkanes) is 1. The van der Waals surface area contributed by atoms with E-state index in [0.29, 0.717) is 32.3 Å². The molecule has 1 unspecified atom stereocenters. The Bertz CT molecular complexity index is 580. The van der Waals surface area contributed by atoms with Crippen LogP contribution in [0.3, 0.4) is 0 Å². The van der Waals surface area contributed by atoms with Gasteiger partial charge in [0, 0.05) is 18.7 Å². The SMILES string of the molecule is CCCCOC(=O)N1C=C(C)C(/C=C\COCc2ccccc2)CC1. The number of allylic oxidation sites excluding steroid dienone is 2. The molecule has 1 amide bonds. The van der Waals surface area contributed by atoms with E-state index in [4.69, 9.17) is 9.47 Å². The van der Waals surface area contributed by atoms with Crippen molar-refractivity contribution in [1.29, 1.82) is 0 Å². The largest absolute Gasteiger partial charge is 0.449 e. The van der Waals surface area contributed by atoms with Gasteiger partial charge in [-0.25, -0.2) is 4.79 Å². The zero-order chi connectivity index (χ0) is 17.9. The summed E-state index contributed by atoms with van der Waals surface area (Å²) in [5.74, 6) is 0.361. The summed E-state index contributed by atoms with van der Waals surface area (Å²) in [6.07, 6.45) is 8.79. The van der Waals surface area contributed by atoms with Crippen molar-refractivity contribution in [2.24, 2.45) is 5.92 Å². The minimum absolute atomic E-state index is 0.235. The number of hydrogen-bond acceptors (Lipinski definition) is 3. The van der Waals surface area contributed by atoms with Gasteiger partial charge in [0.2, 0.25) is 0 Å². The first kappa shape index (κ1) is 19.3. The molecule has 1 atom stereocenters. The Balaban J connectivity index is 1.72. The Kier molecular flexibility index (Phi) is 8.26. The molecule has 136 valence electrons. The Labute approximate surface area is 151 Å². The van der Waals surface area contributed by atoms with Crippen LogP contribution < -0.4 is 0 Å². The summed E-state index contributed by atoms with van der Waals surface area (Å²) >= 11 is 0. The van der Waals surface area contributed by atoms with Gasteiger partial charge in [-0.05, 0) is 30.9 Å². The van der Waals surface area contributed by atoms with E-state index in [9.17, 15) is 4.79 Å². The van der Waals surface area contributed by atoms with Crippen molar-refractivity contribution < 1.29 is 14.3 Å². The lowest BCUT2D eigenvalue weighted by Gasteiger charge is -2.27. The molecule has 0 spiro atoms. The summed E-state index contributed by atoms with van der Waals surface area (Å²) < 4.78 is 10.9. The molecule has 0 N–H and O–H groups in total. The van der Waals surface area contributed by atoms with Crippen molar-refractivity contribution in [2.75, 3.05) is 19.8 Å². The van der Waals surface area contributed by atoms with Crippen molar-refractivity contribution in [1.82, 2.24) is 4.90 Å². The first-order valence-corrected chi connectivity index (χ1v) is 9.10. The fourth-order valence-electron chi connectivity index (χ4n) is 2.73. The molecule has 0 saturated carbocycles. The molecule has 0 bridgehead atoms. The molecule has 25 heavy (non-hydrogen) atoms. The minimum Gasteiger partial charge on any atom is -0.449 e. The van der Waals surface area contributed by atoms with E-state index < -0.39 is 0 Å². The van der Waals surface area contributed by atoms with Crippen molar-refractivity contribution in [3.05, 3.63) is 59.8 Å². The number of ether oxygens (including phenoxy) is 2. The van der Waals surface area contributed by atoms with Crippen LogP contribution in [0.5, 0.6) is 0 Å². The molecule has 1 aliphatic rings. The van der Waals surface area contributed by atoms with Crippen LogP contribution in [-0.2, 0) is 16.1 Å². The average molecular weight is 343 g/mol. The Morgan fingerprint density at radius 1 is 1.32 bits per heavy atom. The average Bonchev–Trinajstić information content (AvgIpc) is 2.63. The molecular weight excluding hydrogens is 314 g/mol.